The van der Waals surface area contributed by atoms with Crippen molar-refractivity contribution in [1.29, 1.82) is 0 Å². The van der Waals surface area contributed by atoms with E-state index in [-0.39, 0.29) is 18.8 Å². The second-order valence-corrected chi connectivity index (χ2v) is 4.64. The summed E-state index contributed by atoms with van der Waals surface area (Å²) in [4.78, 5) is 22.3. The molecule has 2 rings (SSSR count). The van der Waals surface area contributed by atoms with Gasteiger partial charge in [-0.1, -0.05) is 0 Å². The highest BCUT2D eigenvalue weighted by Gasteiger charge is 2.28. The fraction of sp³-hybridized carbons (Fsp3) is 0.333. The van der Waals surface area contributed by atoms with Crippen molar-refractivity contribution < 1.29 is 28.9 Å². The Balaban J connectivity index is 2.29. The first-order chi connectivity index (χ1) is 9.95. The molecule has 0 unspecified atom stereocenters. The Hall–Kier alpha value is -2.50. The second-order valence-electron chi connectivity index (χ2n) is 4.64. The minimum atomic E-state index is -0.995. The summed E-state index contributed by atoms with van der Waals surface area (Å²) in [6.07, 6.45) is 1.46. The lowest BCUT2D eigenvalue weighted by molar-refractivity contribution is -0.132. The van der Waals surface area contributed by atoms with Crippen molar-refractivity contribution in [3.05, 3.63) is 34.4 Å². The summed E-state index contributed by atoms with van der Waals surface area (Å²) < 4.78 is 15.9. The van der Waals surface area contributed by atoms with Crippen molar-refractivity contribution in [1.82, 2.24) is 0 Å². The fourth-order valence-corrected chi connectivity index (χ4v) is 2.10. The number of carboxylic acid groups (broad SMARTS) is 1. The number of carbonyl (C=O) groups is 2. The third-order valence-corrected chi connectivity index (χ3v) is 3.32. The van der Waals surface area contributed by atoms with Gasteiger partial charge in [-0.2, -0.15) is 0 Å². The molecule has 0 fully saturated rings. The molecule has 21 heavy (non-hydrogen) atoms. The third-order valence-electron chi connectivity index (χ3n) is 3.32. The van der Waals surface area contributed by atoms with Gasteiger partial charge in [-0.3, -0.25) is 0 Å². The molecule has 1 aliphatic rings. The molecule has 0 saturated heterocycles. The minimum absolute atomic E-state index is 0.0932. The highest BCUT2D eigenvalue weighted by molar-refractivity contribution is 5.95. The molecule has 0 saturated carbocycles. The van der Waals surface area contributed by atoms with E-state index in [1.54, 1.807) is 6.07 Å². The van der Waals surface area contributed by atoms with E-state index in [9.17, 15) is 9.59 Å². The number of ether oxygens (including phenoxy) is 3. The zero-order valence-electron chi connectivity index (χ0n) is 12.1. The van der Waals surface area contributed by atoms with E-state index in [4.69, 9.17) is 19.3 Å². The lowest BCUT2D eigenvalue weighted by Crippen LogP contribution is -2.04. The summed E-state index contributed by atoms with van der Waals surface area (Å²) in [6, 6.07) is 1.60. The summed E-state index contributed by atoms with van der Waals surface area (Å²) in [5.74, 6) is -0.373. The average Bonchev–Trinajstić information content (AvgIpc) is 2.80. The maximum absolute atomic E-state index is 11.6. The van der Waals surface area contributed by atoms with E-state index in [0.717, 1.165) is 5.56 Å². The number of fused-ring (bicyclic) bond motifs is 1. The van der Waals surface area contributed by atoms with Crippen LogP contribution in [0.15, 0.2) is 17.7 Å². The van der Waals surface area contributed by atoms with Gasteiger partial charge in [-0.05, 0) is 26.0 Å². The Morgan fingerprint density at radius 3 is 2.86 bits per heavy atom. The number of hydrogen-bond acceptors (Lipinski definition) is 5. The van der Waals surface area contributed by atoms with E-state index < -0.39 is 11.9 Å². The fourth-order valence-electron chi connectivity index (χ4n) is 2.10. The molecule has 6 nitrogen and oxygen atoms in total. The van der Waals surface area contributed by atoms with Crippen LogP contribution in [-0.4, -0.2) is 30.8 Å². The maximum atomic E-state index is 11.6. The molecule has 0 amide bonds. The summed E-state index contributed by atoms with van der Waals surface area (Å²) in [5.41, 5.74) is 2.08. The lowest BCUT2D eigenvalue weighted by atomic mass is 10.0. The first-order valence-electron chi connectivity index (χ1n) is 6.36. The van der Waals surface area contributed by atoms with E-state index in [1.807, 2.05) is 6.92 Å². The second kappa shape index (κ2) is 5.87. The Morgan fingerprint density at radius 2 is 2.24 bits per heavy atom. The van der Waals surface area contributed by atoms with Crippen LogP contribution in [-0.2, 0) is 16.1 Å². The predicted molar refractivity (Wildman–Crippen MR) is 73.7 cm³/mol. The summed E-state index contributed by atoms with van der Waals surface area (Å²) in [6.45, 7) is 3.58. The summed E-state index contributed by atoms with van der Waals surface area (Å²) in [5, 5.41) is 8.77. The number of cyclic esters (lactones) is 1. The molecule has 1 heterocycles. The Morgan fingerprint density at radius 1 is 1.52 bits per heavy atom. The van der Waals surface area contributed by atoms with Gasteiger partial charge in [0, 0.05) is 16.7 Å². The number of carboxylic acids is 1. The van der Waals surface area contributed by atoms with Crippen LogP contribution in [0.1, 0.15) is 28.4 Å². The molecule has 1 aliphatic heterocycles. The smallest absolute Gasteiger partial charge is 0.339 e. The first kappa shape index (κ1) is 14.9. The molecule has 0 aliphatic carbocycles. The molecule has 0 bridgehead atoms. The highest BCUT2D eigenvalue weighted by atomic mass is 16.5. The van der Waals surface area contributed by atoms with Gasteiger partial charge in [0.25, 0.3) is 0 Å². The van der Waals surface area contributed by atoms with Crippen LogP contribution in [0.3, 0.4) is 0 Å². The van der Waals surface area contributed by atoms with E-state index in [1.165, 1.54) is 20.1 Å². The van der Waals surface area contributed by atoms with Gasteiger partial charge < -0.3 is 19.3 Å². The van der Waals surface area contributed by atoms with Gasteiger partial charge in [-0.25, -0.2) is 9.59 Å². The van der Waals surface area contributed by atoms with Crippen LogP contribution in [0, 0.1) is 6.92 Å². The molecule has 1 aromatic carbocycles. The number of hydrogen-bond donors (Lipinski definition) is 1. The molecule has 0 atom stereocenters. The highest BCUT2D eigenvalue weighted by Crippen LogP contribution is 2.38. The number of esters is 1. The molecular formula is C15H16O6. The molecule has 1 N–H and O–H groups in total. The topological polar surface area (TPSA) is 82.1 Å². The molecule has 6 heteroatoms. The predicted octanol–water partition coefficient (Wildman–Crippen LogP) is 2.08. The molecular weight excluding hydrogens is 276 g/mol. The van der Waals surface area contributed by atoms with E-state index >= 15 is 0 Å². The molecule has 1 aromatic rings. The van der Waals surface area contributed by atoms with Gasteiger partial charge in [0.1, 0.15) is 24.7 Å². The van der Waals surface area contributed by atoms with Crippen molar-refractivity contribution >= 4 is 11.9 Å². The number of rotatable bonds is 5. The van der Waals surface area contributed by atoms with Crippen molar-refractivity contribution in [2.45, 2.75) is 20.5 Å². The zero-order chi connectivity index (χ0) is 15.6. The molecule has 0 spiro atoms. The van der Waals surface area contributed by atoms with Crippen LogP contribution >= 0.6 is 0 Å². The van der Waals surface area contributed by atoms with Gasteiger partial charge in [-0.15, -0.1) is 0 Å². The van der Waals surface area contributed by atoms with Crippen LogP contribution in [0.5, 0.6) is 11.5 Å². The maximum Gasteiger partial charge on any atom is 0.339 e. The Kier molecular flexibility index (Phi) is 4.16. The van der Waals surface area contributed by atoms with Gasteiger partial charge >= 0.3 is 11.9 Å². The first-order valence-corrected chi connectivity index (χ1v) is 6.36. The number of benzene rings is 1. The van der Waals surface area contributed by atoms with Gasteiger partial charge in [0.15, 0.2) is 0 Å². The van der Waals surface area contributed by atoms with E-state index in [2.05, 4.69) is 0 Å². The Bertz CT molecular complexity index is 630. The number of carbonyl (C=O) groups excluding carboxylic acids is 1. The SMILES string of the molecule is COc1c(C)c(OCC=C(C)C(=O)O)cc2c1COC2=O. The van der Waals surface area contributed by atoms with Crippen molar-refractivity contribution in [3.8, 4) is 11.5 Å². The lowest BCUT2D eigenvalue weighted by Gasteiger charge is -2.14. The third kappa shape index (κ3) is 2.84. The summed E-state index contributed by atoms with van der Waals surface area (Å²) >= 11 is 0. The van der Waals surface area contributed by atoms with Crippen LogP contribution in [0.2, 0.25) is 0 Å². The average molecular weight is 292 g/mol. The summed E-state index contributed by atoms with van der Waals surface area (Å²) in [7, 11) is 1.52. The van der Waals surface area contributed by atoms with Crippen molar-refractivity contribution in [3.63, 3.8) is 0 Å². The quantitative estimate of drug-likeness (QED) is 0.661. The van der Waals surface area contributed by atoms with E-state index in [0.29, 0.717) is 22.6 Å². The standard InChI is InChI=1S/C15H16O6/c1-8(14(16)17)4-5-20-12-6-10-11(7-21-15(10)18)13(19-3)9(12)2/h4,6H,5,7H2,1-3H3,(H,16,17). The largest absolute Gasteiger partial charge is 0.496 e. The van der Waals surface area contributed by atoms with Crippen molar-refractivity contribution in [2.24, 2.45) is 0 Å². The Labute approximate surface area is 121 Å². The minimum Gasteiger partial charge on any atom is -0.496 e. The van der Waals surface area contributed by atoms with Gasteiger partial charge in [0.05, 0.1) is 12.7 Å². The molecule has 0 aromatic heterocycles. The number of aliphatic carboxylic acids is 1. The zero-order valence-corrected chi connectivity index (χ0v) is 12.1. The van der Waals surface area contributed by atoms with Crippen LogP contribution in [0.25, 0.3) is 0 Å². The molecule has 112 valence electrons. The normalized spacial score (nSPS) is 13.7. The van der Waals surface area contributed by atoms with Crippen LogP contribution in [0.4, 0.5) is 0 Å². The molecule has 0 radical (unpaired) electrons. The number of methoxy groups -OCH3 is 1. The monoisotopic (exact) mass is 292 g/mol. The van der Waals surface area contributed by atoms with Crippen molar-refractivity contribution in [2.75, 3.05) is 13.7 Å². The van der Waals surface area contributed by atoms with Crippen LogP contribution < -0.4 is 9.47 Å². The van der Waals surface area contributed by atoms with Gasteiger partial charge in [0.2, 0.25) is 0 Å².